The number of carboxylic acid groups (broad SMARTS) is 1. The summed E-state index contributed by atoms with van der Waals surface area (Å²) in [6.07, 6.45) is 0. The molecule has 0 amide bonds. The van der Waals surface area contributed by atoms with Crippen LogP contribution in [0.5, 0.6) is 0 Å². The van der Waals surface area contributed by atoms with Crippen molar-refractivity contribution in [2.45, 2.75) is 0 Å². The van der Waals surface area contributed by atoms with Crippen LogP contribution in [0, 0.1) is 5.13 Å². The minimum absolute atomic E-state index is 0.164. The lowest BCUT2D eigenvalue weighted by atomic mass is 10.1. The number of hydrogen-bond acceptors (Lipinski definition) is 5. The van der Waals surface area contributed by atoms with Gasteiger partial charge in [0.05, 0.1) is 5.56 Å². The van der Waals surface area contributed by atoms with Crippen LogP contribution in [0.2, 0.25) is 0 Å². The van der Waals surface area contributed by atoms with Crippen LogP contribution in [0.3, 0.4) is 0 Å². The van der Waals surface area contributed by atoms with Gasteiger partial charge in [-0.3, -0.25) is 0 Å². The van der Waals surface area contributed by atoms with E-state index in [4.69, 9.17) is 5.11 Å². The molecule has 0 unspecified atom stereocenters. The number of benzene rings is 1. The van der Waals surface area contributed by atoms with E-state index in [0.29, 0.717) is 17.2 Å². The minimum Gasteiger partial charge on any atom is -0.478 e. The first-order chi connectivity index (χ1) is 9.61. The second-order valence-electron chi connectivity index (χ2n) is 4.05. The van der Waals surface area contributed by atoms with Crippen LogP contribution < -0.4 is 10.6 Å². The van der Waals surface area contributed by atoms with Crippen LogP contribution in [0.25, 0.3) is 11.3 Å². The molecule has 5 nitrogen and oxygen atoms in total. The Balaban J connectivity index is 2.17. The molecule has 0 fully saturated rings. The number of rotatable bonds is 6. The Kier molecular flexibility index (Phi) is 4.65. The van der Waals surface area contributed by atoms with Gasteiger partial charge in [0.2, 0.25) is 5.13 Å². The third-order valence-electron chi connectivity index (χ3n) is 2.64. The number of likely N-dealkylation sites (N-methyl/N-ethyl adjacent to an activating group) is 1. The highest BCUT2D eigenvalue weighted by Gasteiger charge is 2.13. The maximum absolute atomic E-state index is 13.8. The molecular weight excluding hydrogens is 281 g/mol. The number of aromatic carboxylic acids is 1. The van der Waals surface area contributed by atoms with Crippen LogP contribution in [0.1, 0.15) is 10.4 Å². The molecule has 2 rings (SSSR count). The van der Waals surface area contributed by atoms with Crippen LogP contribution in [-0.2, 0) is 0 Å². The van der Waals surface area contributed by atoms with E-state index in [-0.39, 0.29) is 16.4 Å². The van der Waals surface area contributed by atoms with E-state index in [0.717, 1.165) is 17.9 Å². The third kappa shape index (κ3) is 3.31. The van der Waals surface area contributed by atoms with E-state index in [1.807, 2.05) is 7.05 Å². The highest BCUT2D eigenvalue weighted by atomic mass is 32.1. The molecule has 1 heterocycles. The molecule has 0 bridgehead atoms. The lowest BCUT2D eigenvalue weighted by Crippen LogP contribution is -2.17. The highest BCUT2D eigenvalue weighted by Crippen LogP contribution is 2.29. The summed E-state index contributed by atoms with van der Waals surface area (Å²) in [5.74, 6) is -1.01. The number of hydrogen-bond donors (Lipinski definition) is 3. The van der Waals surface area contributed by atoms with Crippen molar-refractivity contribution < 1.29 is 14.3 Å². The normalized spacial score (nSPS) is 10.5. The van der Waals surface area contributed by atoms with E-state index in [2.05, 4.69) is 15.6 Å². The van der Waals surface area contributed by atoms with E-state index in [9.17, 15) is 9.18 Å². The van der Waals surface area contributed by atoms with Crippen molar-refractivity contribution in [1.29, 1.82) is 0 Å². The fourth-order valence-electron chi connectivity index (χ4n) is 1.62. The average molecular weight is 295 g/mol. The number of carboxylic acids is 1. The lowest BCUT2D eigenvalue weighted by molar-refractivity contribution is 0.0697. The van der Waals surface area contributed by atoms with Crippen molar-refractivity contribution in [2.24, 2.45) is 0 Å². The Labute approximate surface area is 119 Å². The number of nitrogens with one attached hydrogen (secondary N) is 2. The van der Waals surface area contributed by atoms with Crippen LogP contribution in [0.15, 0.2) is 24.3 Å². The Morgan fingerprint density at radius 2 is 2.05 bits per heavy atom. The lowest BCUT2D eigenvalue weighted by Gasteiger charge is -2.00. The van der Waals surface area contributed by atoms with Gasteiger partial charge in [-0.2, -0.15) is 4.39 Å². The monoisotopic (exact) mass is 295 g/mol. The van der Waals surface area contributed by atoms with Gasteiger partial charge in [-0.15, -0.1) is 0 Å². The summed E-state index contributed by atoms with van der Waals surface area (Å²) < 4.78 is 13.8. The van der Waals surface area contributed by atoms with Crippen molar-refractivity contribution in [3.05, 3.63) is 35.0 Å². The van der Waals surface area contributed by atoms with Crippen molar-refractivity contribution in [3.63, 3.8) is 0 Å². The van der Waals surface area contributed by atoms with Crippen molar-refractivity contribution in [1.82, 2.24) is 10.3 Å². The van der Waals surface area contributed by atoms with Gasteiger partial charge in [-0.25, -0.2) is 9.78 Å². The summed E-state index contributed by atoms with van der Waals surface area (Å²) in [5, 5.41) is 14.9. The molecule has 20 heavy (non-hydrogen) atoms. The zero-order valence-electron chi connectivity index (χ0n) is 10.8. The number of halogens is 1. The van der Waals surface area contributed by atoms with Crippen molar-refractivity contribution >= 4 is 22.4 Å². The Morgan fingerprint density at radius 3 is 2.65 bits per heavy atom. The molecule has 0 aliphatic heterocycles. The number of aromatic nitrogens is 1. The molecule has 0 spiro atoms. The molecule has 0 saturated carbocycles. The third-order valence-corrected chi connectivity index (χ3v) is 3.44. The molecule has 0 aliphatic carbocycles. The van der Waals surface area contributed by atoms with Gasteiger partial charge in [-0.05, 0) is 19.2 Å². The number of thiazole rings is 1. The maximum Gasteiger partial charge on any atom is 0.335 e. The molecule has 3 N–H and O–H groups in total. The average Bonchev–Trinajstić information content (AvgIpc) is 2.80. The second-order valence-corrected chi connectivity index (χ2v) is 5.00. The summed E-state index contributed by atoms with van der Waals surface area (Å²) in [6, 6.07) is 5.98. The first-order valence-electron chi connectivity index (χ1n) is 6.00. The molecule has 106 valence electrons. The minimum atomic E-state index is -1.01. The Hall–Kier alpha value is -1.99. The molecule has 0 radical (unpaired) electrons. The zero-order chi connectivity index (χ0) is 14.5. The van der Waals surface area contributed by atoms with E-state index in [1.165, 1.54) is 12.1 Å². The first-order valence-corrected chi connectivity index (χ1v) is 6.82. The molecule has 0 atom stereocenters. The van der Waals surface area contributed by atoms with Crippen LogP contribution in [-0.4, -0.2) is 36.2 Å². The van der Waals surface area contributed by atoms with Gasteiger partial charge >= 0.3 is 5.97 Å². The molecule has 2 aromatic rings. The maximum atomic E-state index is 13.8. The second kappa shape index (κ2) is 6.44. The predicted octanol–water partition coefficient (Wildman–Crippen LogP) is 2.28. The van der Waals surface area contributed by atoms with Gasteiger partial charge in [0, 0.05) is 18.7 Å². The largest absolute Gasteiger partial charge is 0.478 e. The predicted molar refractivity (Wildman–Crippen MR) is 76.9 cm³/mol. The van der Waals surface area contributed by atoms with Crippen LogP contribution >= 0.6 is 11.3 Å². The summed E-state index contributed by atoms with van der Waals surface area (Å²) in [5.41, 5.74) is 0.959. The van der Waals surface area contributed by atoms with E-state index < -0.39 is 5.97 Å². The molecule has 1 aromatic carbocycles. The SMILES string of the molecule is CNCCNc1nc(-c2ccc(C(=O)O)cc2)c(F)s1. The van der Waals surface area contributed by atoms with Gasteiger partial charge in [0.15, 0.2) is 5.13 Å². The van der Waals surface area contributed by atoms with Gasteiger partial charge < -0.3 is 15.7 Å². The number of carbonyl (C=O) groups is 1. The highest BCUT2D eigenvalue weighted by molar-refractivity contribution is 7.14. The van der Waals surface area contributed by atoms with E-state index in [1.54, 1.807) is 12.1 Å². The van der Waals surface area contributed by atoms with Crippen LogP contribution in [0.4, 0.5) is 9.52 Å². The smallest absolute Gasteiger partial charge is 0.335 e. The summed E-state index contributed by atoms with van der Waals surface area (Å²) in [7, 11) is 1.83. The summed E-state index contributed by atoms with van der Waals surface area (Å²) in [6.45, 7) is 1.41. The van der Waals surface area contributed by atoms with Crippen molar-refractivity contribution in [2.75, 3.05) is 25.5 Å². The first kappa shape index (κ1) is 14.4. The van der Waals surface area contributed by atoms with Gasteiger partial charge in [0.25, 0.3) is 0 Å². The Bertz CT molecular complexity index is 598. The van der Waals surface area contributed by atoms with E-state index >= 15 is 0 Å². The molecule has 1 aromatic heterocycles. The fourth-order valence-corrected chi connectivity index (χ4v) is 2.36. The number of nitrogens with zero attached hydrogens (tertiary/aromatic N) is 1. The van der Waals surface area contributed by atoms with Gasteiger partial charge in [0.1, 0.15) is 5.69 Å². The quantitative estimate of drug-likeness (QED) is 0.713. The zero-order valence-corrected chi connectivity index (χ0v) is 11.6. The number of anilines is 1. The molecule has 0 saturated heterocycles. The summed E-state index contributed by atoms with van der Waals surface area (Å²) >= 11 is 0.937. The fraction of sp³-hybridized carbons (Fsp3) is 0.231. The molecule has 7 heteroatoms. The summed E-state index contributed by atoms with van der Waals surface area (Å²) in [4.78, 5) is 14.9. The molecular formula is C13H14FN3O2S. The molecule has 0 aliphatic rings. The Morgan fingerprint density at radius 1 is 1.35 bits per heavy atom. The topological polar surface area (TPSA) is 74.2 Å². The standard InChI is InChI=1S/C13H14FN3O2S/c1-15-6-7-16-13-17-10(11(14)20-13)8-2-4-9(5-3-8)12(18)19/h2-5,15H,6-7H2,1H3,(H,16,17)(H,18,19). The van der Waals surface area contributed by atoms with Crippen molar-refractivity contribution in [3.8, 4) is 11.3 Å². The van der Waals surface area contributed by atoms with Gasteiger partial charge in [-0.1, -0.05) is 23.5 Å².